The molecule has 5 heteroatoms. The Bertz CT molecular complexity index is 384. The first kappa shape index (κ1) is 16.1. The van der Waals surface area contributed by atoms with Crippen LogP contribution in [-0.2, 0) is 6.54 Å². The van der Waals surface area contributed by atoms with Gasteiger partial charge in [-0.1, -0.05) is 35.3 Å². The van der Waals surface area contributed by atoms with Gasteiger partial charge in [-0.25, -0.2) is 0 Å². The van der Waals surface area contributed by atoms with Gasteiger partial charge in [0.1, 0.15) is 0 Å². The Morgan fingerprint density at radius 2 is 2.17 bits per heavy atom. The lowest BCUT2D eigenvalue weighted by molar-refractivity contribution is 0.242. The maximum atomic E-state index is 6.22. The first-order valence-corrected chi connectivity index (χ1v) is 6.79. The summed E-state index contributed by atoms with van der Waals surface area (Å²) in [6.45, 7) is 3.08. The molecule has 0 spiro atoms. The van der Waals surface area contributed by atoms with Crippen LogP contribution in [-0.4, -0.2) is 31.1 Å². The van der Waals surface area contributed by atoms with Crippen LogP contribution >= 0.6 is 35.6 Å². The van der Waals surface area contributed by atoms with Gasteiger partial charge < -0.3 is 5.32 Å². The molecule has 1 heterocycles. The summed E-state index contributed by atoms with van der Waals surface area (Å²) in [5.74, 6) is 0. The molecular weight excluding hydrogens is 291 g/mol. The van der Waals surface area contributed by atoms with E-state index in [-0.39, 0.29) is 12.4 Å². The largest absolute Gasteiger partial charge is 0.318 e. The van der Waals surface area contributed by atoms with E-state index in [0.717, 1.165) is 25.2 Å². The number of nitrogens with zero attached hydrogens (tertiary/aromatic N) is 1. The molecule has 1 aliphatic rings. The molecule has 0 amide bonds. The Morgan fingerprint density at radius 3 is 2.89 bits per heavy atom. The van der Waals surface area contributed by atoms with E-state index in [9.17, 15) is 0 Å². The summed E-state index contributed by atoms with van der Waals surface area (Å²) in [6, 6.07) is 6.48. The van der Waals surface area contributed by atoms with Crippen molar-refractivity contribution in [2.75, 3.05) is 20.1 Å². The second kappa shape index (κ2) is 7.56. The van der Waals surface area contributed by atoms with Crippen molar-refractivity contribution in [1.29, 1.82) is 0 Å². The average Bonchev–Trinajstić information content (AvgIpc) is 2.73. The zero-order valence-corrected chi connectivity index (χ0v) is 12.8. The van der Waals surface area contributed by atoms with Gasteiger partial charge in [0.25, 0.3) is 0 Å². The van der Waals surface area contributed by atoms with Crippen molar-refractivity contribution < 1.29 is 0 Å². The van der Waals surface area contributed by atoms with E-state index >= 15 is 0 Å². The van der Waals surface area contributed by atoms with Crippen molar-refractivity contribution in [3.63, 3.8) is 0 Å². The lowest BCUT2D eigenvalue weighted by Gasteiger charge is -2.24. The molecule has 1 fully saturated rings. The van der Waals surface area contributed by atoms with Crippen LogP contribution in [0.1, 0.15) is 18.4 Å². The lowest BCUT2D eigenvalue weighted by Crippen LogP contribution is -2.36. The second-order valence-corrected chi connectivity index (χ2v) is 5.32. The summed E-state index contributed by atoms with van der Waals surface area (Å²) in [7, 11) is 2.00. The first-order valence-electron chi connectivity index (χ1n) is 6.04. The molecule has 1 aliphatic heterocycles. The highest BCUT2D eigenvalue weighted by Crippen LogP contribution is 2.28. The lowest BCUT2D eigenvalue weighted by atomic mass is 10.2. The maximum absolute atomic E-state index is 6.22. The monoisotopic (exact) mass is 308 g/mol. The summed E-state index contributed by atoms with van der Waals surface area (Å²) in [6.07, 6.45) is 2.53. The van der Waals surface area contributed by atoms with Gasteiger partial charge in [-0.15, -0.1) is 12.4 Å². The van der Waals surface area contributed by atoms with E-state index in [4.69, 9.17) is 23.2 Å². The number of halogens is 3. The van der Waals surface area contributed by atoms with Crippen LogP contribution in [0.5, 0.6) is 0 Å². The molecular formula is C13H19Cl3N2. The summed E-state index contributed by atoms with van der Waals surface area (Å²) in [5.41, 5.74) is 1.13. The Kier molecular flexibility index (Phi) is 6.75. The number of hydrogen-bond acceptors (Lipinski definition) is 2. The molecule has 0 aliphatic carbocycles. The van der Waals surface area contributed by atoms with E-state index in [2.05, 4.69) is 16.3 Å². The first-order chi connectivity index (χ1) is 8.22. The third kappa shape index (κ3) is 3.75. The fourth-order valence-electron chi connectivity index (χ4n) is 2.46. The summed E-state index contributed by atoms with van der Waals surface area (Å²) in [4.78, 5) is 2.48. The van der Waals surface area contributed by atoms with Gasteiger partial charge in [-0.05, 0) is 38.1 Å². The average molecular weight is 310 g/mol. The molecule has 1 aromatic carbocycles. The molecule has 2 rings (SSSR count). The summed E-state index contributed by atoms with van der Waals surface area (Å²) in [5, 5.41) is 4.60. The van der Waals surface area contributed by atoms with E-state index < -0.39 is 0 Å². The number of nitrogens with one attached hydrogen (secondary N) is 1. The minimum Gasteiger partial charge on any atom is -0.318 e. The smallest absolute Gasteiger partial charge is 0.0637 e. The van der Waals surface area contributed by atoms with E-state index in [1.165, 1.54) is 12.8 Å². The minimum absolute atomic E-state index is 0. The molecule has 1 N–H and O–H groups in total. The second-order valence-electron chi connectivity index (χ2n) is 4.54. The number of likely N-dealkylation sites (N-methyl/N-ethyl adjacent to an activating group) is 1. The molecule has 0 bridgehead atoms. The molecule has 18 heavy (non-hydrogen) atoms. The Hall–Kier alpha value is 0.01000. The highest BCUT2D eigenvalue weighted by Gasteiger charge is 2.24. The van der Waals surface area contributed by atoms with Crippen LogP contribution in [0.4, 0.5) is 0 Å². The van der Waals surface area contributed by atoms with E-state index in [0.29, 0.717) is 16.1 Å². The molecule has 0 saturated carbocycles. The molecule has 0 aromatic heterocycles. The van der Waals surface area contributed by atoms with Crippen LogP contribution in [0, 0.1) is 0 Å². The predicted octanol–water partition coefficient (Wildman–Crippen LogP) is 3.60. The van der Waals surface area contributed by atoms with Gasteiger partial charge in [-0.2, -0.15) is 0 Å². The normalized spacial score (nSPS) is 19.8. The highest BCUT2D eigenvalue weighted by atomic mass is 35.5. The van der Waals surface area contributed by atoms with E-state index in [1.54, 1.807) is 0 Å². The van der Waals surface area contributed by atoms with Gasteiger partial charge in [0.15, 0.2) is 0 Å². The maximum Gasteiger partial charge on any atom is 0.0637 e. The number of hydrogen-bond donors (Lipinski definition) is 1. The van der Waals surface area contributed by atoms with Crippen molar-refractivity contribution in [2.24, 2.45) is 0 Å². The van der Waals surface area contributed by atoms with Gasteiger partial charge >= 0.3 is 0 Å². The van der Waals surface area contributed by atoms with Gasteiger partial charge in [-0.3, -0.25) is 4.90 Å². The van der Waals surface area contributed by atoms with Gasteiger partial charge in [0, 0.05) is 19.1 Å². The molecule has 2 nitrogen and oxygen atoms in total. The summed E-state index contributed by atoms with van der Waals surface area (Å²) < 4.78 is 0. The third-order valence-electron chi connectivity index (χ3n) is 3.34. The topological polar surface area (TPSA) is 15.3 Å². The predicted molar refractivity (Wildman–Crippen MR) is 81.1 cm³/mol. The van der Waals surface area contributed by atoms with Crippen molar-refractivity contribution in [2.45, 2.75) is 25.4 Å². The van der Waals surface area contributed by atoms with Crippen LogP contribution in [0.25, 0.3) is 0 Å². The molecule has 1 atom stereocenters. The number of rotatable bonds is 4. The quantitative estimate of drug-likeness (QED) is 0.914. The highest BCUT2D eigenvalue weighted by molar-refractivity contribution is 6.42. The van der Waals surface area contributed by atoms with E-state index in [1.807, 2.05) is 19.2 Å². The minimum atomic E-state index is 0. The van der Waals surface area contributed by atoms with Crippen molar-refractivity contribution in [1.82, 2.24) is 10.2 Å². The van der Waals surface area contributed by atoms with Crippen molar-refractivity contribution in [3.05, 3.63) is 33.8 Å². The molecule has 1 saturated heterocycles. The van der Waals surface area contributed by atoms with Crippen LogP contribution < -0.4 is 5.32 Å². The number of benzene rings is 1. The third-order valence-corrected chi connectivity index (χ3v) is 4.20. The summed E-state index contributed by atoms with van der Waals surface area (Å²) >= 11 is 12.3. The van der Waals surface area contributed by atoms with Crippen molar-refractivity contribution in [3.8, 4) is 0 Å². The molecule has 102 valence electrons. The van der Waals surface area contributed by atoms with Gasteiger partial charge in [0.05, 0.1) is 10.0 Å². The molecule has 0 radical (unpaired) electrons. The fraction of sp³-hybridized carbons (Fsp3) is 0.538. The fourth-order valence-corrected chi connectivity index (χ4v) is 2.84. The van der Waals surface area contributed by atoms with Crippen LogP contribution in [0.3, 0.4) is 0 Å². The Balaban J connectivity index is 0.00000162. The van der Waals surface area contributed by atoms with Crippen molar-refractivity contribution >= 4 is 35.6 Å². The SMILES string of the molecule is CNCC1CCCN1Cc1cccc(Cl)c1Cl.Cl. The standard InChI is InChI=1S/C13H18Cl2N2.ClH/c1-16-8-11-5-3-7-17(11)9-10-4-2-6-12(14)13(10)15;/h2,4,6,11,16H,3,5,7-9H2,1H3;1H. The van der Waals surface area contributed by atoms with Crippen LogP contribution in [0.2, 0.25) is 10.0 Å². The zero-order chi connectivity index (χ0) is 12.3. The van der Waals surface area contributed by atoms with Gasteiger partial charge in [0.2, 0.25) is 0 Å². The Morgan fingerprint density at radius 1 is 1.39 bits per heavy atom. The number of likely N-dealkylation sites (tertiary alicyclic amines) is 1. The zero-order valence-electron chi connectivity index (χ0n) is 10.5. The Labute approximate surface area is 125 Å². The molecule has 1 unspecified atom stereocenters. The molecule has 1 aromatic rings. The van der Waals surface area contributed by atoms with Crippen LogP contribution in [0.15, 0.2) is 18.2 Å².